The summed E-state index contributed by atoms with van der Waals surface area (Å²) in [5, 5.41) is 7.02. The molecular weight excluding hydrogens is 772 g/mol. The van der Waals surface area contributed by atoms with E-state index in [9.17, 15) is 19.2 Å². The van der Waals surface area contributed by atoms with Crippen molar-refractivity contribution in [1.82, 2.24) is 19.9 Å². The Morgan fingerprint density at radius 2 is 1.28 bits per heavy atom. The van der Waals surface area contributed by atoms with Crippen LogP contribution in [0, 0.1) is 0 Å². The van der Waals surface area contributed by atoms with Gasteiger partial charge in [0.25, 0.3) is 11.8 Å². The first kappa shape index (κ1) is 36.2. The summed E-state index contributed by atoms with van der Waals surface area (Å²) in [7, 11) is 0. The van der Waals surface area contributed by atoms with E-state index < -0.39 is 23.8 Å². The van der Waals surface area contributed by atoms with E-state index in [1.807, 2.05) is 0 Å². The van der Waals surface area contributed by atoms with Crippen molar-refractivity contribution in [2.75, 3.05) is 16.4 Å². The Hall–Kier alpha value is -3.66. The highest BCUT2D eigenvalue weighted by molar-refractivity contribution is 9.10. The van der Waals surface area contributed by atoms with Crippen molar-refractivity contribution in [2.24, 2.45) is 0 Å². The summed E-state index contributed by atoms with van der Waals surface area (Å²) >= 11 is 9.73. The van der Waals surface area contributed by atoms with Crippen LogP contribution in [-0.4, -0.2) is 54.7 Å². The lowest BCUT2D eigenvalue weighted by Crippen LogP contribution is -2.20. The average Bonchev–Trinajstić information content (AvgIpc) is 3.06. The number of halogens is 2. The van der Waals surface area contributed by atoms with Crippen molar-refractivity contribution < 1.29 is 23.9 Å². The molecule has 0 fully saturated rings. The molecule has 1 unspecified atom stereocenters. The van der Waals surface area contributed by atoms with Crippen molar-refractivity contribution in [3.8, 4) is 0 Å². The zero-order valence-corrected chi connectivity index (χ0v) is 30.4. The SMILES string of the molecule is CCCCSc1cnc(C(=O)Nc2ccc(Br)cc2C(=O)OC(=O)c2cc(Br)ccc2NC(=O)c2cnc(SC(C)CC)cn2)cn1. The molecule has 0 radical (unpaired) electrons. The number of hydrogen-bond acceptors (Lipinski definition) is 11. The van der Waals surface area contributed by atoms with Gasteiger partial charge < -0.3 is 15.4 Å². The van der Waals surface area contributed by atoms with E-state index in [2.05, 4.69) is 83.2 Å². The molecule has 0 bridgehead atoms. The number of nitrogens with zero attached hydrogens (tertiary/aromatic N) is 4. The fourth-order valence-corrected chi connectivity index (χ4v) is 6.19. The van der Waals surface area contributed by atoms with Gasteiger partial charge in [-0.1, -0.05) is 59.1 Å². The standard InChI is InChI=1S/C32H30Br2N6O5S2/c1-4-6-11-46-27-16-35-25(14-37-27)29(41)39-23-9-7-19(33)12-21(23)31(43)45-32(44)22-13-20(34)8-10-24(22)40-30(42)26-15-38-28(17-36-26)47-18(3)5-2/h7-10,12-18H,4-6,11H2,1-3H3,(H,39,41)(H,40,42). The summed E-state index contributed by atoms with van der Waals surface area (Å²) < 4.78 is 6.25. The van der Waals surface area contributed by atoms with E-state index in [1.165, 1.54) is 49.1 Å². The second-order valence-corrected chi connectivity index (χ2v) is 14.4. The van der Waals surface area contributed by atoms with Crippen LogP contribution in [0.2, 0.25) is 0 Å². The largest absolute Gasteiger partial charge is 0.386 e. The lowest BCUT2D eigenvalue weighted by atomic mass is 10.1. The van der Waals surface area contributed by atoms with Crippen LogP contribution in [-0.2, 0) is 4.74 Å². The number of unbranched alkanes of at least 4 members (excludes halogenated alkanes) is 1. The monoisotopic (exact) mass is 800 g/mol. The predicted octanol–water partition coefficient (Wildman–Crippen LogP) is 8.08. The number of benzene rings is 2. The van der Waals surface area contributed by atoms with Crippen LogP contribution in [0.4, 0.5) is 11.4 Å². The van der Waals surface area contributed by atoms with Crippen molar-refractivity contribution in [3.63, 3.8) is 0 Å². The third-order valence-corrected chi connectivity index (χ3v) is 9.63. The van der Waals surface area contributed by atoms with Crippen LogP contribution in [0.15, 0.2) is 80.2 Å². The summed E-state index contributed by atoms with van der Waals surface area (Å²) in [6, 6.07) is 9.04. The molecule has 2 heterocycles. The second-order valence-electron chi connectivity index (χ2n) is 9.98. The molecule has 0 aliphatic rings. The van der Waals surface area contributed by atoms with E-state index in [0.29, 0.717) is 24.2 Å². The maximum Gasteiger partial charge on any atom is 0.348 e. The summed E-state index contributed by atoms with van der Waals surface area (Å²) in [6.45, 7) is 6.25. The van der Waals surface area contributed by atoms with Crippen LogP contribution >= 0.6 is 55.4 Å². The number of esters is 2. The number of anilines is 2. The molecule has 0 aliphatic heterocycles. The minimum Gasteiger partial charge on any atom is -0.386 e. The maximum absolute atomic E-state index is 13.3. The van der Waals surface area contributed by atoms with Gasteiger partial charge in [-0.25, -0.2) is 29.5 Å². The molecule has 11 nitrogen and oxygen atoms in total. The molecule has 0 saturated carbocycles. The molecular formula is C32H30Br2N6O5S2. The summed E-state index contributed by atoms with van der Waals surface area (Å²) in [5.41, 5.74) is 0.0916. The second kappa shape index (κ2) is 17.5. The van der Waals surface area contributed by atoms with Crippen molar-refractivity contribution in [3.05, 3.63) is 92.6 Å². The van der Waals surface area contributed by atoms with Gasteiger partial charge in [-0.2, -0.15) is 0 Å². The summed E-state index contributed by atoms with van der Waals surface area (Å²) in [6.07, 6.45) is 8.82. The van der Waals surface area contributed by atoms with Crippen LogP contribution in [0.1, 0.15) is 81.7 Å². The number of ether oxygens (including phenoxy) is 1. The van der Waals surface area contributed by atoms with E-state index >= 15 is 0 Å². The maximum atomic E-state index is 13.3. The third kappa shape index (κ3) is 10.4. The molecule has 0 saturated heterocycles. The quantitative estimate of drug-likeness (QED) is 0.0584. The molecule has 47 heavy (non-hydrogen) atoms. The minimum absolute atomic E-state index is 0.0425. The van der Waals surface area contributed by atoms with Gasteiger partial charge in [0.15, 0.2) is 0 Å². The number of amides is 2. The highest BCUT2D eigenvalue weighted by Gasteiger charge is 2.24. The summed E-state index contributed by atoms with van der Waals surface area (Å²) in [5.74, 6) is -2.37. The molecule has 0 spiro atoms. The number of carbonyl (C=O) groups excluding carboxylic acids is 4. The zero-order valence-electron chi connectivity index (χ0n) is 25.6. The van der Waals surface area contributed by atoms with E-state index in [0.717, 1.165) is 25.0 Å². The number of aromatic nitrogens is 4. The normalized spacial score (nSPS) is 11.4. The van der Waals surface area contributed by atoms with Crippen molar-refractivity contribution in [1.29, 1.82) is 0 Å². The number of thioether (sulfide) groups is 2. The molecule has 2 N–H and O–H groups in total. The van der Waals surface area contributed by atoms with Crippen LogP contribution in [0.25, 0.3) is 0 Å². The lowest BCUT2D eigenvalue weighted by molar-refractivity contribution is 0.0399. The van der Waals surface area contributed by atoms with Crippen LogP contribution in [0.3, 0.4) is 0 Å². The van der Waals surface area contributed by atoms with Gasteiger partial charge in [0.2, 0.25) is 0 Å². The van der Waals surface area contributed by atoms with E-state index in [1.54, 1.807) is 35.7 Å². The first-order valence-electron chi connectivity index (χ1n) is 14.5. The third-order valence-electron chi connectivity index (χ3n) is 6.45. The number of rotatable bonds is 13. The molecule has 1 atom stereocenters. The van der Waals surface area contributed by atoms with Gasteiger partial charge in [-0.15, -0.1) is 23.5 Å². The van der Waals surface area contributed by atoms with Crippen molar-refractivity contribution >= 4 is 90.5 Å². The number of hydrogen-bond donors (Lipinski definition) is 2. The highest BCUT2D eigenvalue weighted by atomic mass is 79.9. The van der Waals surface area contributed by atoms with Gasteiger partial charge in [0, 0.05) is 14.2 Å². The van der Waals surface area contributed by atoms with Gasteiger partial charge in [0.05, 0.1) is 47.3 Å². The molecule has 2 aromatic heterocycles. The van der Waals surface area contributed by atoms with Crippen LogP contribution in [0.5, 0.6) is 0 Å². The minimum atomic E-state index is -1.03. The zero-order chi connectivity index (χ0) is 33.9. The van der Waals surface area contributed by atoms with Gasteiger partial charge in [0.1, 0.15) is 21.4 Å². The number of nitrogens with one attached hydrogen (secondary N) is 2. The smallest absolute Gasteiger partial charge is 0.348 e. The fraction of sp³-hybridized carbons (Fsp3) is 0.250. The summed E-state index contributed by atoms with van der Waals surface area (Å²) in [4.78, 5) is 69.5. The molecule has 15 heteroatoms. The predicted molar refractivity (Wildman–Crippen MR) is 189 cm³/mol. The van der Waals surface area contributed by atoms with E-state index in [4.69, 9.17) is 4.74 Å². The Morgan fingerprint density at radius 3 is 1.72 bits per heavy atom. The molecule has 2 aromatic carbocycles. The lowest BCUT2D eigenvalue weighted by Gasteiger charge is -2.13. The van der Waals surface area contributed by atoms with Crippen LogP contribution < -0.4 is 10.6 Å². The van der Waals surface area contributed by atoms with Gasteiger partial charge in [-0.3, -0.25) is 9.59 Å². The Kier molecular flexibility index (Phi) is 13.5. The van der Waals surface area contributed by atoms with Gasteiger partial charge >= 0.3 is 11.9 Å². The fourth-order valence-electron chi connectivity index (χ4n) is 3.77. The molecule has 4 rings (SSSR count). The topological polar surface area (TPSA) is 153 Å². The number of carbonyl (C=O) groups is 4. The molecule has 2 amide bonds. The highest BCUT2D eigenvalue weighted by Crippen LogP contribution is 2.27. The molecule has 244 valence electrons. The van der Waals surface area contributed by atoms with Crippen molar-refractivity contribution in [2.45, 2.75) is 55.3 Å². The average molecular weight is 803 g/mol. The van der Waals surface area contributed by atoms with E-state index in [-0.39, 0.29) is 33.9 Å². The first-order chi connectivity index (χ1) is 22.6. The Morgan fingerprint density at radius 1 is 0.766 bits per heavy atom. The Balaban J connectivity index is 1.47. The first-order valence-corrected chi connectivity index (χ1v) is 17.9. The molecule has 0 aliphatic carbocycles. The Labute approximate surface area is 297 Å². The Bertz CT molecular complexity index is 1760. The van der Waals surface area contributed by atoms with Gasteiger partial charge in [-0.05, 0) is 55.0 Å². The molecule has 4 aromatic rings.